The molecule has 0 aliphatic rings. The van der Waals surface area contributed by atoms with E-state index >= 15 is 0 Å². The third-order valence-electron chi connectivity index (χ3n) is 3.45. The number of ether oxygens (including phenoxy) is 1. The Labute approximate surface area is 137 Å². The van der Waals surface area contributed by atoms with Crippen molar-refractivity contribution in [1.29, 1.82) is 0 Å². The lowest BCUT2D eigenvalue weighted by Gasteiger charge is -2.06. The minimum Gasteiger partial charge on any atom is -0.489 e. The van der Waals surface area contributed by atoms with Gasteiger partial charge < -0.3 is 9.84 Å². The van der Waals surface area contributed by atoms with Crippen LogP contribution in [0.25, 0.3) is 6.08 Å². The predicted molar refractivity (Wildman–Crippen MR) is 92.4 cm³/mol. The van der Waals surface area contributed by atoms with Gasteiger partial charge in [-0.05, 0) is 42.5 Å². The molecule has 0 aliphatic heterocycles. The molecule has 1 N–H and O–H groups in total. The van der Waals surface area contributed by atoms with Crippen LogP contribution in [0, 0.1) is 0 Å². The van der Waals surface area contributed by atoms with Gasteiger partial charge in [0.2, 0.25) is 0 Å². The second kappa shape index (κ2) is 9.46. The highest BCUT2D eigenvalue weighted by Gasteiger charge is 1.96. The van der Waals surface area contributed by atoms with Crippen LogP contribution in [-0.4, -0.2) is 11.1 Å². The first-order valence-corrected chi connectivity index (χ1v) is 7.89. The summed E-state index contributed by atoms with van der Waals surface area (Å²) >= 11 is 0. The topological polar surface area (TPSA) is 46.5 Å². The highest BCUT2D eigenvalue weighted by molar-refractivity contribution is 5.66. The van der Waals surface area contributed by atoms with Gasteiger partial charge >= 0.3 is 5.97 Å². The normalized spacial score (nSPS) is 10.8. The van der Waals surface area contributed by atoms with Crippen LogP contribution in [0.5, 0.6) is 5.75 Å². The SMILES string of the molecule is O=C(O)CCCCC=Cc1ccc(OCc2ccccc2)cc1. The molecule has 0 saturated heterocycles. The maximum absolute atomic E-state index is 10.4. The number of rotatable bonds is 9. The molecule has 2 aromatic rings. The van der Waals surface area contributed by atoms with Crippen LogP contribution in [0.4, 0.5) is 0 Å². The number of carboxylic acids is 1. The Bertz CT molecular complexity index is 615. The third-order valence-corrected chi connectivity index (χ3v) is 3.45. The van der Waals surface area contributed by atoms with Crippen molar-refractivity contribution < 1.29 is 14.6 Å². The summed E-state index contributed by atoms with van der Waals surface area (Å²) in [4.78, 5) is 10.4. The maximum atomic E-state index is 10.4. The summed E-state index contributed by atoms with van der Waals surface area (Å²) in [5.41, 5.74) is 2.27. The second-order valence-electron chi connectivity index (χ2n) is 5.39. The average Bonchev–Trinajstić information content (AvgIpc) is 2.58. The van der Waals surface area contributed by atoms with Gasteiger partial charge in [0.05, 0.1) is 0 Å². The van der Waals surface area contributed by atoms with Crippen molar-refractivity contribution in [2.24, 2.45) is 0 Å². The van der Waals surface area contributed by atoms with Gasteiger partial charge in [-0.1, -0.05) is 54.6 Å². The molecule has 2 rings (SSSR count). The zero-order chi connectivity index (χ0) is 16.3. The van der Waals surface area contributed by atoms with E-state index in [-0.39, 0.29) is 6.42 Å². The minimum absolute atomic E-state index is 0.251. The second-order valence-corrected chi connectivity index (χ2v) is 5.39. The summed E-state index contributed by atoms with van der Waals surface area (Å²) in [6, 6.07) is 18.1. The van der Waals surface area contributed by atoms with E-state index in [4.69, 9.17) is 9.84 Å². The third kappa shape index (κ3) is 6.83. The molecule has 0 aromatic heterocycles. The highest BCUT2D eigenvalue weighted by Crippen LogP contribution is 2.15. The zero-order valence-corrected chi connectivity index (χ0v) is 13.2. The van der Waals surface area contributed by atoms with Crippen molar-refractivity contribution in [2.45, 2.75) is 32.3 Å². The van der Waals surface area contributed by atoms with Crippen molar-refractivity contribution in [1.82, 2.24) is 0 Å². The van der Waals surface area contributed by atoms with E-state index in [1.165, 1.54) is 0 Å². The van der Waals surface area contributed by atoms with E-state index < -0.39 is 5.97 Å². The summed E-state index contributed by atoms with van der Waals surface area (Å²) in [5.74, 6) is 0.132. The van der Waals surface area contributed by atoms with E-state index in [1.54, 1.807) is 0 Å². The number of hydrogen-bond donors (Lipinski definition) is 1. The molecule has 3 heteroatoms. The largest absolute Gasteiger partial charge is 0.489 e. The molecule has 2 aromatic carbocycles. The summed E-state index contributed by atoms with van der Waals surface area (Å²) in [5, 5.41) is 8.56. The Morgan fingerprint density at radius 1 is 1.00 bits per heavy atom. The van der Waals surface area contributed by atoms with Gasteiger partial charge in [-0.3, -0.25) is 4.79 Å². The lowest BCUT2D eigenvalue weighted by atomic mass is 10.1. The Hall–Kier alpha value is -2.55. The number of allylic oxidation sites excluding steroid dienone is 1. The average molecular weight is 310 g/mol. The Balaban J connectivity index is 1.72. The molecular weight excluding hydrogens is 288 g/mol. The molecule has 0 fully saturated rings. The number of aliphatic carboxylic acids is 1. The molecule has 0 atom stereocenters. The highest BCUT2D eigenvalue weighted by atomic mass is 16.5. The molecule has 0 amide bonds. The van der Waals surface area contributed by atoms with Crippen molar-refractivity contribution in [3.8, 4) is 5.75 Å². The molecule has 3 nitrogen and oxygen atoms in total. The van der Waals surface area contributed by atoms with Crippen LogP contribution in [0.1, 0.15) is 36.8 Å². The Kier molecular flexibility index (Phi) is 6.92. The van der Waals surface area contributed by atoms with Crippen molar-refractivity contribution in [2.75, 3.05) is 0 Å². The smallest absolute Gasteiger partial charge is 0.303 e. The molecular formula is C20H22O3. The lowest BCUT2D eigenvalue weighted by molar-refractivity contribution is -0.137. The van der Waals surface area contributed by atoms with Gasteiger partial charge in [-0.15, -0.1) is 0 Å². The summed E-state index contributed by atoms with van der Waals surface area (Å²) < 4.78 is 5.75. The monoisotopic (exact) mass is 310 g/mol. The number of carboxylic acid groups (broad SMARTS) is 1. The van der Waals surface area contributed by atoms with Crippen LogP contribution in [0.3, 0.4) is 0 Å². The molecule has 0 bridgehead atoms. The summed E-state index contributed by atoms with van der Waals surface area (Å²) in [6.45, 7) is 0.569. The molecule has 120 valence electrons. The lowest BCUT2D eigenvalue weighted by Crippen LogP contribution is -1.94. The van der Waals surface area contributed by atoms with Crippen LogP contribution in [0.2, 0.25) is 0 Å². The van der Waals surface area contributed by atoms with E-state index in [2.05, 4.69) is 12.2 Å². The molecule has 0 heterocycles. The van der Waals surface area contributed by atoms with Crippen molar-refractivity contribution in [3.05, 3.63) is 71.8 Å². The molecule has 0 aliphatic carbocycles. The molecule has 0 spiro atoms. The van der Waals surface area contributed by atoms with E-state index in [9.17, 15) is 4.79 Å². The van der Waals surface area contributed by atoms with E-state index in [1.807, 2.05) is 54.6 Å². The van der Waals surface area contributed by atoms with Gasteiger partial charge in [0.1, 0.15) is 12.4 Å². The maximum Gasteiger partial charge on any atom is 0.303 e. The van der Waals surface area contributed by atoms with Crippen molar-refractivity contribution >= 4 is 12.0 Å². The fourth-order valence-electron chi connectivity index (χ4n) is 2.17. The minimum atomic E-state index is -0.722. The van der Waals surface area contributed by atoms with Crippen LogP contribution in [-0.2, 0) is 11.4 Å². The van der Waals surface area contributed by atoms with Crippen LogP contribution in [0.15, 0.2) is 60.7 Å². The Morgan fingerprint density at radius 3 is 2.43 bits per heavy atom. The Morgan fingerprint density at radius 2 is 1.74 bits per heavy atom. The quantitative estimate of drug-likeness (QED) is 0.668. The first kappa shape index (κ1) is 16.8. The van der Waals surface area contributed by atoms with Gasteiger partial charge in [-0.25, -0.2) is 0 Å². The molecule has 0 saturated carbocycles. The number of hydrogen-bond acceptors (Lipinski definition) is 2. The number of carbonyl (C=O) groups is 1. The first-order chi connectivity index (χ1) is 11.2. The predicted octanol–water partition coefficient (Wildman–Crippen LogP) is 4.92. The van der Waals surface area contributed by atoms with Gasteiger partial charge in [0.15, 0.2) is 0 Å². The van der Waals surface area contributed by atoms with E-state index in [0.29, 0.717) is 6.61 Å². The van der Waals surface area contributed by atoms with Crippen molar-refractivity contribution in [3.63, 3.8) is 0 Å². The van der Waals surface area contributed by atoms with Crippen LogP contribution < -0.4 is 4.74 Å². The molecule has 23 heavy (non-hydrogen) atoms. The standard InChI is InChI=1S/C20H22O3/c21-20(22)11-7-2-1-4-8-17-12-14-19(15-13-17)23-16-18-9-5-3-6-10-18/h3-6,8-10,12-15H,1-2,7,11,16H2,(H,21,22). The fraction of sp³-hybridized carbons (Fsp3) is 0.250. The zero-order valence-electron chi connectivity index (χ0n) is 13.2. The van der Waals surface area contributed by atoms with Gasteiger partial charge in [0, 0.05) is 6.42 Å². The first-order valence-electron chi connectivity index (χ1n) is 7.89. The van der Waals surface area contributed by atoms with Crippen LogP contribution >= 0.6 is 0 Å². The molecule has 0 radical (unpaired) electrons. The number of benzene rings is 2. The fourth-order valence-corrected chi connectivity index (χ4v) is 2.17. The molecule has 0 unspecified atom stereocenters. The summed E-state index contributed by atoms with van der Waals surface area (Å²) in [7, 11) is 0. The van der Waals surface area contributed by atoms with Gasteiger partial charge in [-0.2, -0.15) is 0 Å². The summed E-state index contributed by atoms with van der Waals surface area (Å²) in [6.07, 6.45) is 6.93. The van der Waals surface area contributed by atoms with E-state index in [0.717, 1.165) is 36.1 Å². The number of unbranched alkanes of at least 4 members (excludes halogenated alkanes) is 2. The van der Waals surface area contributed by atoms with Gasteiger partial charge in [0.25, 0.3) is 0 Å².